The van der Waals surface area contributed by atoms with E-state index in [-0.39, 0.29) is 17.9 Å². The van der Waals surface area contributed by atoms with Crippen molar-refractivity contribution in [2.45, 2.75) is 70.4 Å². The highest BCUT2D eigenvalue weighted by Crippen LogP contribution is 2.31. The summed E-state index contributed by atoms with van der Waals surface area (Å²) in [7, 11) is 0. The summed E-state index contributed by atoms with van der Waals surface area (Å²) in [4.78, 5) is 33.1. The summed E-state index contributed by atoms with van der Waals surface area (Å²) in [6.45, 7) is 8.06. The zero-order valence-electron chi connectivity index (χ0n) is 20.7. The third kappa shape index (κ3) is 6.32. The molecule has 1 N–H and O–H groups in total. The van der Waals surface area contributed by atoms with E-state index >= 15 is 0 Å². The number of carbonyl (C=O) groups is 2. The maximum absolute atomic E-state index is 13.4. The summed E-state index contributed by atoms with van der Waals surface area (Å²) in [5.74, 6) is 0.594. The van der Waals surface area contributed by atoms with Crippen molar-refractivity contribution in [3.05, 3.63) is 34.9 Å². The number of halogens is 1. The second kappa shape index (κ2) is 12.4. The summed E-state index contributed by atoms with van der Waals surface area (Å²) in [6, 6.07) is 7.83. The van der Waals surface area contributed by atoms with Crippen LogP contribution in [0.3, 0.4) is 0 Å². The Morgan fingerprint density at radius 1 is 1.00 bits per heavy atom. The Bertz CT molecular complexity index is 821. The van der Waals surface area contributed by atoms with Gasteiger partial charge >= 0.3 is 0 Å². The van der Waals surface area contributed by atoms with Crippen LogP contribution >= 0.6 is 11.6 Å². The van der Waals surface area contributed by atoms with Gasteiger partial charge in [0.05, 0.1) is 16.6 Å². The van der Waals surface area contributed by atoms with E-state index < -0.39 is 0 Å². The van der Waals surface area contributed by atoms with Gasteiger partial charge < -0.3 is 15.1 Å². The van der Waals surface area contributed by atoms with Crippen molar-refractivity contribution < 1.29 is 9.59 Å². The fraction of sp³-hybridized carbons (Fsp3) is 0.704. The molecule has 6 nitrogen and oxygen atoms in total. The topological polar surface area (TPSA) is 55.9 Å². The third-order valence-corrected chi connectivity index (χ3v) is 8.41. The largest absolute Gasteiger partial charge is 0.355 e. The van der Waals surface area contributed by atoms with Crippen LogP contribution in [-0.4, -0.2) is 84.4 Å². The Morgan fingerprint density at radius 2 is 1.71 bits per heavy atom. The second-order valence-corrected chi connectivity index (χ2v) is 10.7. The summed E-state index contributed by atoms with van der Waals surface area (Å²) in [5, 5.41) is 3.77. The monoisotopic (exact) mass is 488 g/mol. The number of hydrogen-bond donors (Lipinski definition) is 1. The standard InChI is InChI=1S/C27H41ClN4O2/c1-21-9-6-7-15-30(21)16-8-14-29-26(33)25(22-10-2-3-11-22)31-17-19-32(20-18-31)27(34)23-12-4-5-13-24(23)28/h4-5,12-13,21-22,25H,2-3,6-11,14-20H2,1H3,(H,29,33)/t21-,25-/m0/s1. The van der Waals surface area contributed by atoms with Crippen molar-refractivity contribution in [1.29, 1.82) is 0 Å². The van der Waals surface area contributed by atoms with Gasteiger partial charge in [0.15, 0.2) is 0 Å². The Morgan fingerprint density at radius 3 is 2.41 bits per heavy atom. The number of carbonyl (C=O) groups excluding carboxylic acids is 2. The van der Waals surface area contributed by atoms with E-state index in [2.05, 4.69) is 22.0 Å². The van der Waals surface area contributed by atoms with E-state index in [9.17, 15) is 9.59 Å². The molecule has 4 rings (SSSR count). The smallest absolute Gasteiger partial charge is 0.255 e. The molecule has 1 aromatic carbocycles. The Kier molecular flexibility index (Phi) is 9.26. The van der Waals surface area contributed by atoms with Gasteiger partial charge in [0.25, 0.3) is 5.91 Å². The third-order valence-electron chi connectivity index (χ3n) is 8.08. The zero-order chi connectivity index (χ0) is 23.9. The molecule has 2 amide bonds. The molecule has 2 atom stereocenters. The number of hydrogen-bond acceptors (Lipinski definition) is 4. The molecule has 3 aliphatic rings. The van der Waals surface area contributed by atoms with E-state index in [4.69, 9.17) is 11.6 Å². The molecule has 188 valence electrons. The lowest BCUT2D eigenvalue weighted by Gasteiger charge is -2.41. The van der Waals surface area contributed by atoms with Gasteiger partial charge in [-0.1, -0.05) is 43.0 Å². The number of benzene rings is 1. The molecule has 0 radical (unpaired) electrons. The second-order valence-electron chi connectivity index (χ2n) is 10.3. The average molecular weight is 489 g/mol. The Balaban J connectivity index is 1.29. The number of likely N-dealkylation sites (tertiary alicyclic amines) is 1. The lowest BCUT2D eigenvalue weighted by molar-refractivity contribution is -0.129. The lowest BCUT2D eigenvalue weighted by Crippen LogP contribution is -2.58. The van der Waals surface area contributed by atoms with Crippen molar-refractivity contribution in [1.82, 2.24) is 20.0 Å². The maximum Gasteiger partial charge on any atom is 0.255 e. The first-order valence-corrected chi connectivity index (χ1v) is 13.7. The molecule has 1 aromatic rings. The molecule has 0 unspecified atom stereocenters. The highest BCUT2D eigenvalue weighted by molar-refractivity contribution is 6.33. The van der Waals surface area contributed by atoms with E-state index in [0.717, 1.165) is 45.4 Å². The van der Waals surface area contributed by atoms with Crippen LogP contribution in [0.1, 0.15) is 68.6 Å². The molecule has 2 saturated heterocycles. The predicted octanol–water partition coefficient (Wildman–Crippen LogP) is 4.04. The van der Waals surface area contributed by atoms with Gasteiger partial charge in [-0.2, -0.15) is 0 Å². The normalized spacial score (nSPS) is 23.7. The number of piperidine rings is 1. The minimum atomic E-state index is -0.0750. The molecule has 2 heterocycles. The molecular formula is C27H41ClN4O2. The summed E-state index contributed by atoms with van der Waals surface area (Å²) in [5.41, 5.74) is 0.561. The van der Waals surface area contributed by atoms with Crippen LogP contribution in [0.2, 0.25) is 5.02 Å². The van der Waals surface area contributed by atoms with Gasteiger partial charge in [0.2, 0.25) is 5.91 Å². The van der Waals surface area contributed by atoms with Crippen LogP contribution in [0.25, 0.3) is 0 Å². The summed E-state index contributed by atoms with van der Waals surface area (Å²) >= 11 is 6.25. The summed E-state index contributed by atoms with van der Waals surface area (Å²) in [6.07, 6.45) is 9.62. The van der Waals surface area contributed by atoms with E-state index in [0.29, 0.717) is 35.6 Å². The van der Waals surface area contributed by atoms with Gasteiger partial charge in [0.1, 0.15) is 0 Å². The quantitative estimate of drug-likeness (QED) is 0.561. The molecule has 2 aliphatic heterocycles. The van der Waals surface area contributed by atoms with Gasteiger partial charge in [-0.3, -0.25) is 14.5 Å². The molecule has 0 spiro atoms. The van der Waals surface area contributed by atoms with Crippen LogP contribution in [0.5, 0.6) is 0 Å². The number of nitrogens with zero attached hydrogens (tertiary/aromatic N) is 3. The zero-order valence-corrected chi connectivity index (χ0v) is 21.4. The van der Waals surface area contributed by atoms with Crippen LogP contribution in [-0.2, 0) is 4.79 Å². The highest BCUT2D eigenvalue weighted by Gasteiger charge is 2.37. The summed E-state index contributed by atoms with van der Waals surface area (Å²) < 4.78 is 0. The van der Waals surface area contributed by atoms with Crippen molar-refractivity contribution in [2.24, 2.45) is 5.92 Å². The fourth-order valence-corrected chi connectivity index (χ4v) is 6.26. The van der Waals surface area contributed by atoms with E-state index in [1.165, 1.54) is 38.6 Å². The fourth-order valence-electron chi connectivity index (χ4n) is 6.05. The first-order valence-electron chi connectivity index (χ1n) is 13.3. The van der Waals surface area contributed by atoms with Gasteiger partial charge in [-0.15, -0.1) is 0 Å². The first kappa shape index (κ1) is 25.5. The van der Waals surface area contributed by atoms with Crippen molar-refractivity contribution in [3.63, 3.8) is 0 Å². The molecule has 7 heteroatoms. The predicted molar refractivity (Wildman–Crippen MR) is 137 cm³/mol. The van der Waals surface area contributed by atoms with Crippen molar-refractivity contribution in [3.8, 4) is 0 Å². The van der Waals surface area contributed by atoms with Crippen molar-refractivity contribution in [2.75, 3.05) is 45.8 Å². The molecule has 1 aliphatic carbocycles. The van der Waals surface area contributed by atoms with E-state index in [1.807, 2.05) is 17.0 Å². The maximum atomic E-state index is 13.4. The average Bonchev–Trinajstić information content (AvgIpc) is 3.38. The number of rotatable bonds is 8. The molecule has 0 aromatic heterocycles. The van der Waals surface area contributed by atoms with Crippen molar-refractivity contribution >= 4 is 23.4 Å². The van der Waals surface area contributed by atoms with Gasteiger partial charge in [-0.05, 0) is 63.6 Å². The molecule has 0 bridgehead atoms. The first-order chi connectivity index (χ1) is 16.5. The number of nitrogens with one attached hydrogen (secondary N) is 1. The molecule has 3 fully saturated rings. The van der Waals surface area contributed by atoms with Crippen LogP contribution in [0.4, 0.5) is 0 Å². The number of piperazine rings is 1. The van der Waals surface area contributed by atoms with Crippen LogP contribution < -0.4 is 5.32 Å². The molecule has 34 heavy (non-hydrogen) atoms. The minimum absolute atomic E-state index is 0.0148. The Hall–Kier alpha value is -1.63. The lowest BCUT2D eigenvalue weighted by atomic mass is 9.95. The molecular weight excluding hydrogens is 448 g/mol. The highest BCUT2D eigenvalue weighted by atomic mass is 35.5. The van der Waals surface area contributed by atoms with Crippen LogP contribution in [0, 0.1) is 5.92 Å². The minimum Gasteiger partial charge on any atom is -0.355 e. The van der Waals surface area contributed by atoms with E-state index in [1.54, 1.807) is 12.1 Å². The SMILES string of the molecule is C[C@H]1CCCCN1CCCNC(=O)[C@H](C1CCCC1)N1CCN(C(=O)c2ccccc2Cl)CC1. The Labute approximate surface area is 210 Å². The number of amides is 2. The molecule has 1 saturated carbocycles. The van der Waals surface area contributed by atoms with Gasteiger partial charge in [-0.25, -0.2) is 0 Å². The van der Waals surface area contributed by atoms with Crippen LogP contribution in [0.15, 0.2) is 24.3 Å². The van der Waals surface area contributed by atoms with Gasteiger partial charge in [0, 0.05) is 45.3 Å².